The molecule has 0 bridgehead atoms. The number of hydrogen-bond donors (Lipinski definition) is 0. The van der Waals surface area contributed by atoms with Crippen LogP contribution in [0.2, 0.25) is 0 Å². The highest BCUT2D eigenvalue weighted by Gasteiger charge is 2.38. The molecule has 0 spiro atoms. The second-order valence-corrected chi connectivity index (χ2v) is 10.3. The van der Waals surface area contributed by atoms with Gasteiger partial charge in [-0.25, -0.2) is 0 Å². The van der Waals surface area contributed by atoms with E-state index in [-0.39, 0.29) is 10.8 Å². The zero-order valence-electron chi connectivity index (χ0n) is 17.9. The number of rotatable bonds is 2. The van der Waals surface area contributed by atoms with Crippen LogP contribution < -0.4 is 4.90 Å². The van der Waals surface area contributed by atoms with Gasteiger partial charge in [0, 0.05) is 29.4 Å². The van der Waals surface area contributed by atoms with E-state index < -0.39 is 0 Å². The Morgan fingerprint density at radius 2 is 1.96 bits per heavy atom. The molecule has 3 aliphatic rings. The summed E-state index contributed by atoms with van der Waals surface area (Å²) in [6.45, 7) is 15.2. The van der Waals surface area contributed by atoms with Gasteiger partial charge >= 0.3 is 0 Å². The van der Waals surface area contributed by atoms with Crippen molar-refractivity contribution < 1.29 is 0 Å². The van der Waals surface area contributed by atoms with Crippen LogP contribution in [0.5, 0.6) is 0 Å². The molecular formula is C25H34N2. The number of aliphatic imine (C=N–C) groups is 1. The van der Waals surface area contributed by atoms with Gasteiger partial charge < -0.3 is 4.90 Å². The lowest BCUT2D eigenvalue weighted by Crippen LogP contribution is -2.39. The molecule has 4 rings (SSSR count). The Hall–Kier alpha value is -1.83. The van der Waals surface area contributed by atoms with Crippen LogP contribution in [0.15, 0.2) is 35.0 Å². The van der Waals surface area contributed by atoms with Crippen molar-refractivity contribution in [3.8, 4) is 0 Å². The number of nitrogens with zero attached hydrogens (tertiary/aromatic N) is 2. The first-order valence-corrected chi connectivity index (χ1v) is 10.6. The van der Waals surface area contributed by atoms with Gasteiger partial charge in [0.15, 0.2) is 0 Å². The fourth-order valence-corrected chi connectivity index (χ4v) is 4.79. The van der Waals surface area contributed by atoms with Crippen LogP contribution >= 0.6 is 0 Å². The Labute approximate surface area is 165 Å². The lowest BCUT2D eigenvalue weighted by molar-refractivity contribution is 0.447. The van der Waals surface area contributed by atoms with Gasteiger partial charge in [-0.3, -0.25) is 4.99 Å². The van der Waals surface area contributed by atoms with E-state index in [4.69, 9.17) is 4.99 Å². The summed E-state index contributed by atoms with van der Waals surface area (Å²) < 4.78 is 0. The zero-order valence-corrected chi connectivity index (χ0v) is 17.9. The van der Waals surface area contributed by atoms with Crippen molar-refractivity contribution in [1.29, 1.82) is 0 Å². The van der Waals surface area contributed by atoms with Crippen LogP contribution in [-0.2, 0) is 11.8 Å². The molecule has 0 amide bonds. The molecule has 27 heavy (non-hydrogen) atoms. The summed E-state index contributed by atoms with van der Waals surface area (Å²) in [5.74, 6) is 0. The van der Waals surface area contributed by atoms with Crippen molar-refractivity contribution in [1.82, 2.24) is 0 Å². The topological polar surface area (TPSA) is 15.6 Å². The molecule has 0 fully saturated rings. The zero-order chi connectivity index (χ0) is 19.4. The van der Waals surface area contributed by atoms with Crippen molar-refractivity contribution in [2.24, 2.45) is 10.4 Å². The first kappa shape index (κ1) is 18.5. The van der Waals surface area contributed by atoms with E-state index in [1.807, 2.05) is 0 Å². The van der Waals surface area contributed by atoms with Crippen LogP contribution in [0.1, 0.15) is 77.5 Å². The maximum atomic E-state index is 4.93. The van der Waals surface area contributed by atoms with Crippen molar-refractivity contribution in [2.45, 2.75) is 78.7 Å². The third-order valence-electron chi connectivity index (χ3n) is 6.56. The third kappa shape index (κ3) is 3.39. The standard InChI is InChI=1S/C25H34N2/c1-17-14-19-15-18(16-21-23(19)27(17)13-12-25(21,5)6)10-11-20-8-7-9-22(26-20)24(2,3)4/h8,10-11,15-17H,7,9,12-14H2,1-6H3. The first-order valence-electron chi connectivity index (χ1n) is 10.6. The Balaban J connectivity index is 1.67. The second kappa shape index (κ2) is 6.36. The van der Waals surface area contributed by atoms with Crippen molar-refractivity contribution in [3.63, 3.8) is 0 Å². The minimum Gasteiger partial charge on any atom is -0.368 e. The smallest absolute Gasteiger partial charge is 0.0589 e. The molecule has 1 atom stereocenters. The summed E-state index contributed by atoms with van der Waals surface area (Å²) in [6, 6.07) is 5.47. The summed E-state index contributed by atoms with van der Waals surface area (Å²) in [6.07, 6.45) is 11.4. The molecule has 0 saturated carbocycles. The molecule has 1 aromatic carbocycles. The van der Waals surface area contributed by atoms with Gasteiger partial charge in [0.05, 0.1) is 5.70 Å². The minimum absolute atomic E-state index is 0.161. The highest BCUT2D eigenvalue weighted by Crippen LogP contribution is 2.47. The van der Waals surface area contributed by atoms with Gasteiger partial charge in [0.2, 0.25) is 0 Å². The molecule has 0 radical (unpaired) electrons. The van der Waals surface area contributed by atoms with Crippen molar-refractivity contribution in [2.75, 3.05) is 11.4 Å². The van der Waals surface area contributed by atoms with E-state index in [0.29, 0.717) is 6.04 Å². The van der Waals surface area contributed by atoms with Gasteiger partial charge in [0.1, 0.15) is 0 Å². The van der Waals surface area contributed by atoms with E-state index in [2.05, 4.69) is 76.8 Å². The Morgan fingerprint density at radius 1 is 1.19 bits per heavy atom. The average molecular weight is 363 g/mol. The molecule has 1 aromatic rings. The third-order valence-corrected chi connectivity index (χ3v) is 6.56. The maximum Gasteiger partial charge on any atom is 0.0589 e. The molecule has 0 aliphatic carbocycles. The van der Waals surface area contributed by atoms with Gasteiger partial charge in [0.25, 0.3) is 0 Å². The molecule has 144 valence electrons. The average Bonchev–Trinajstić information content (AvgIpc) is 2.92. The van der Waals surface area contributed by atoms with Crippen LogP contribution in [-0.4, -0.2) is 18.3 Å². The second-order valence-electron chi connectivity index (χ2n) is 10.3. The molecule has 1 unspecified atom stereocenters. The summed E-state index contributed by atoms with van der Waals surface area (Å²) in [5.41, 5.74) is 8.78. The summed E-state index contributed by atoms with van der Waals surface area (Å²) >= 11 is 0. The van der Waals surface area contributed by atoms with Crippen LogP contribution in [0, 0.1) is 5.41 Å². The quantitative estimate of drug-likeness (QED) is 0.603. The largest absolute Gasteiger partial charge is 0.368 e. The Morgan fingerprint density at radius 3 is 2.70 bits per heavy atom. The van der Waals surface area contributed by atoms with E-state index >= 15 is 0 Å². The number of anilines is 1. The molecular weight excluding hydrogens is 328 g/mol. The van der Waals surface area contributed by atoms with E-state index in [0.717, 1.165) is 18.5 Å². The monoisotopic (exact) mass is 362 g/mol. The summed E-state index contributed by atoms with van der Waals surface area (Å²) in [7, 11) is 0. The highest BCUT2D eigenvalue weighted by molar-refractivity contribution is 5.91. The molecule has 3 heterocycles. The van der Waals surface area contributed by atoms with E-state index in [1.165, 1.54) is 47.5 Å². The van der Waals surface area contributed by atoms with Crippen molar-refractivity contribution >= 4 is 17.5 Å². The van der Waals surface area contributed by atoms with Gasteiger partial charge in [-0.05, 0) is 72.9 Å². The highest BCUT2D eigenvalue weighted by atomic mass is 15.2. The molecule has 0 N–H and O–H groups in total. The van der Waals surface area contributed by atoms with E-state index in [1.54, 1.807) is 0 Å². The number of benzene rings is 1. The lowest BCUT2D eigenvalue weighted by atomic mass is 9.76. The fourth-order valence-electron chi connectivity index (χ4n) is 4.79. The first-order chi connectivity index (χ1) is 12.6. The predicted octanol–water partition coefficient (Wildman–Crippen LogP) is 6.30. The number of allylic oxidation sites excluding steroid dienone is 2. The maximum absolute atomic E-state index is 4.93. The minimum atomic E-state index is 0.161. The molecule has 2 nitrogen and oxygen atoms in total. The molecule has 3 aliphatic heterocycles. The summed E-state index contributed by atoms with van der Waals surface area (Å²) in [4.78, 5) is 7.56. The molecule has 0 aromatic heterocycles. The van der Waals surface area contributed by atoms with Gasteiger partial charge in [-0.1, -0.05) is 46.8 Å². The van der Waals surface area contributed by atoms with Gasteiger partial charge in [-0.2, -0.15) is 0 Å². The fraction of sp³-hybridized carbons (Fsp3) is 0.560. The lowest BCUT2D eigenvalue weighted by Gasteiger charge is -2.40. The Bertz CT molecular complexity index is 846. The van der Waals surface area contributed by atoms with Crippen LogP contribution in [0.25, 0.3) is 6.08 Å². The molecule has 0 saturated heterocycles. The summed E-state index contributed by atoms with van der Waals surface area (Å²) in [5, 5.41) is 0. The normalized spacial score (nSPS) is 24.1. The van der Waals surface area contributed by atoms with Crippen LogP contribution in [0.3, 0.4) is 0 Å². The SMILES string of the molecule is CC1Cc2cc(C=CC3=CCCC(C(C)(C)C)=N3)cc3c2N1CCC3(C)C. The van der Waals surface area contributed by atoms with Crippen molar-refractivity contribution in [3.05, 3.63) is 46.7 Å². The van der Waals surface area contributed by atoms with Gasteiger partial charge in [-0.15, -0.1) is 0 Å². The number of hydrogen-bond acceptors (Lipinski definition) is 2. The predicted molar refractivity (Wildman–Crippen MR) is 118 cm³/mol. The van der Waals surface area contributed by atoms with E-state index in [9.17, 15) is 0 Å². The van der Waals surface area contributed by atoms with Crippen LogP contribution in [0.4, 0.5) is 5.69 Å². The molecule has 2 heteroatoms. The Kier molecular flexibility index (Phi) is 4.36.